The Morgan fingerprint density at radius 1 is 1.11 bits per heavy atom. The largest absolute Gasteiger partial charge is 0.473 e. The van der Waals surface area contributed by atoms with E-state index in [2.05, 4.69) is 10.1 Å². The van der Waals surface area contributed by atoms with Gasteiger partial charge in [-0.1, -0.05) is 34.4 Å². The SMILES string of the molecule is CN=C1OCc2cc(C3=NOC(c4cc(Cl)cc(Cl)c4)(C(F)(F)F)C3)ccc21. The van der Waals surface area contributed by atoms with E-state index in [1.54, 1.807) is 25.2 Å². The molecule has 0 spiro atoms. The third-order valence-electron chi connectivity index (χ3n) is 4.75. The van der Waals surface area contributed by atoms with Crippen molar-refractivity contribution < 1.29 is 22.7 Å². The molecule has 0 aromatic heterocycles. The summed E-state index contributed by atoms with van der Waals surface area (Å²) < 4.78 is 47.6. The van der Waals surface area contributed by atoms with Crippen molar-refractivity contribution in [3.63, 3.8) is 0 Å². The summed E-state index contributed by atoms with van der Waals surface area (Å²) in [5.74, 6) is 0.504. The molecule has 1 unspecified atom stereocenters. The minimum Gasteiger partial charge on any atom is -0.473 e. The zero-order valence-corrected chi connectivity index (χ0v) is 16.0. The number of nitrogens with zero attached hydrogens (tertiary/aromatic N) is 2. The van der Waals surface area contributed by atoms with Gasteiger partial charge in [0.25, 0.3) is 5.60 Å². The highest BCUT2D eigenvalue weighted by Gasteiger charge is 2.62. The smallest absolute Gasteiger partial charge is 0.435 e. The van der Waals surface area contributed by atoms with Crippen LogP contribution < -0.4 is 0 Å². The Bertz CT molecular complexity index is 1000. The second-order valence-electron chi connectivity index (χ2n) is 6.48. The molecule has 28 heavy (non-hydrogen) atoms. The molecule has 2 aromatic rings. The van der Waals surface area contributed by atoms with E-state index in [0.717, 1.165) is 11.1 Å². The Morgan fingerprint density at radius 3 is 2.46 bits per heavy atom. The fraction of sp³-hybridized carbons (Fsp3) is 0.263. The van der Waals surface area contributed by atoms with E-state index in [4.69, 9.17) is 32.8 Å². The molecular weight excluding hydrogens is 416 g/mol. The summed E-state index contributed by atoms with van der Waals surface area (Å²) in [5, 5.41) is 3.94. The average molecular weight is 429 g/mol. The number of aliphatic imine (C=N–C) groups is 1. The van der Waals surface area contributed by atoms with Crippen molar-refractivity contribution in [3.8, 4) is 0 Å². The van der Waals surface area contributed by atoms with E-state index in [1.807, 2.05) is 0 Å². The summed E-state index contributed by atoms with van der Waals surface area (Å²) in [5.41, 5.74) is -0.494. The lowest BCUT2D eigenvalue weighted by Crippen LogP contribution is -2.42. The normalized spacial score (nSPS) is 22.6. The minimum absolute atomic E-state index is 0.0873. The quantitative estimate of drug-likeness (QED) is 0.635. The van der Waals surface area contributed by atoms with Gasteiger partial charge in [-0.05, 0) is 35.9 Å². The molecule has 0 amide bonds. The van der Waals surface area contributed by atoms with Crippen LogP contribution in [0.1, 0.15) is 28.7 Å². The van der Waals surface area contributed by atoms with E-state index in [0.29, 0.717) is 18.1 Å². The van der Waals surface area contributed by atoms with Crippen molar-refractivity contribution in [2.75, 3.05) is 7.05 Å². The highest BCUT2D eigenvalue weighted by atomic mass is 35.5. The maximum atomic E-state index is 14.1. The molecular formula is C19H13Cl2F3N2O2. The van der Waals surface area contributed by atoms with E-state index in [9.17, 15) is 13.2 Å². The van der Waals surface area contributed by atoms with Gasteiger partial charge in [0, 0.05) is 40.2 Å². The number of rotatable bonds is 2. The van der Waals surface area contributed by atoms with Gasteiger partial charge < -0.3 is 9.57 Å². The van der Waals surface area contributed by atoms with Crippen molar-refractivity contribution >= 4 is 34.8 Å². The molecule has 0 saturated heterocycles. The molecule has 9 heteroatoms. The van der Waals surface area contributed by atoms with Crippen molar-refractivity contribution in [2.24, 2.45) is 10.1 Å². The van der Waals surface area contributed by atoms with E-state index in [-0.39, 0.29) is 21.3 Å². The van der Waals surface area contributed by atoms with Crippen LogP contribution in [-0.2, 0) is 21.8 Å². The number of hydrogen-bond acceptors (Lipinski definition) is 4. The molecule has 1 atom stereocenters. The van der Waals surface area contributed by atoms with Gasteiger partial charge in [0.05, 0.1) is 5.71 Å². The lowest BCUT2D eigenvalue weighted by atomic mass is 9.86. The van der Waals surface area contributed by atoms with Crippen LogP contribution in [0, 0.1) is 0 Å². The summed E-state index contributed by atoms with van der Waals surface area (Å²) in [6.45, 7) is 0.304. The van der Waals surface area contributed by atoms with Crippen LogP contribution in [0.25, 0.3) is 0 Å². The third-order valence-corrected chi connectivity index (χ3v) is 5.19. The monoisotopic (exact) mass is 428 g/mol. The fourth-order valence-corrected chi connectivity index (χ4v) is 3.88. The Kier molecular flexibility index (Phi) is 4.55. The summed E-state index contributed by atoms with van der Waals surface area (Å²) in [7, 11) is 1.61. The van der Waals surface area contributed by atoms with Gasteiger partial charge in [-0.3, -0.25) is 4.99 Å². The van der Waals surface area contributed by atoms with Crippen LogP contribution in [0.3, 0.4) is 0 Å². The van der Waals surface area contributed by atoms with Gasteiger partial charge >= 0.3 is 6.18 Å². The van der Waals surface area contributed by atoms with Gasteiger partial charge in [0.1, 0.15) is 6.61 Å². The zero-order valence-electron chi connectivity index (χ0n) is 14.5. The molecule has 4 nitrogen and oxygen atoms in total. The molecule has 0 saturated carbocycles. The van der Waals surface area contributed by atoms with Crippen LogP contribution >= 0.6 is 23.2 Å². The van der Waals surface area contributed by atoms with Gasteiger partial charge in [-0.25, -0.2) is 0 Å². The lowest BCUT2D eigenvalue weighted by molar-refractivity contribution is -0.275. The van der Waals surface area contributed by atoms with Crippen LogP contribution in [0.15, 0.2) is 46.5 Å². The van der Waals surface area contributed by atoms with Crippen LogP contribution in [0.2, 0.25) is 10.0 Å². The second-order valence-corrected chi connectivity index (χ2v) is 7.35. The predicted molar refractivity (Wildman–Crippen MR) is 100 cm³/mol. The first kappa shape index (κ1) is 19.1. The van der Waals surface area contributed by atoms with E-state index >= 15 is 0 Å². The number of benzene rings is 2. The standard InChI is InChI=1S/C19H13Cl2F3N2O2/c1-25-17-15-3-2-10(4-11(15)9-27-17)16-8-18(28-26-16,19(22,23)24)12-5-13(20)7-14(21)6-12/h2-7H,8-9H2,1H3. The number of oxime groups is 1. The molecule has 4 rings (SSSR count). The fourth-order valence-electron chi connectivity index (χ4n) is 3.36. The maximum Gasteiger partial charge on any atom is 0.435 e. The molecule has 0 fully saturated rings. The van der Waals surface area contributed by atoms with Crippen LogP contribution in [0.4, 0.5) is 13.2 Å². The van der Waals surface area contributed by atoms with Gasteiger partial charge in [0.2, 0.25) is 5.90 Å². The first-order valence-electron chi connectivity index (χ1n) is 8.25. The molecule has 146 valence electrons. The lowest BCUT2D eigenvalue weighted by Gasteiger charge is -2.29. The Hall–Kier alpha value is -2.25. The highest BCUT2D eigenvalue weighted by molar-refractivity contribution is 6.34. The topological polar surface area (TPSA) is 43.2 Å². The van der Waals surface area contributed by atoms with Crippen LogP contribution in [0.5, 0.6) is 0 Å². The maximum absolute atomic E-state index is 14.1. The average Bonchev–Trinajstić information content (AvgIpc) is 3.25. The summed E-state index contributed by atoms with van der Waals surface area (Å²) in [6, 6.07) is 8.93. The molecule has 2 aliphatic rings. The Balaban J connectivity index is 1.72. The van der Waals surface area contributed by atoms with Gasteiger partial charge in [-0.15, -0.1) is 0 Å². The summed E-state index contributed by atoms with van der Waals surface area (Å²) in [4.78, 5) is 9.05. The predicted octanol–water partition coefficient (Wildman–Crippen LogP) is 5.48. The molecule has 2 aliphatic heterocycles. The molecule has 2 heterocycles. The number of ether oxygens (including phenoxy) is 1. The molecule has 0 N–H and O–H groups in total. The minimum atomic E-state index is -4.73. The summed E-state index contributed by atoms with van der Waals surface area (Å²) in [6.07, 6.45) is -5.23. The van der Waals surface area contributed by atoms with Crippen molar-refractivity contribution in [3.05, 3.63) is 68.7 Å². The molecule has 0 aliphatic carbocycles. The molecule has 2 aromatic carbocycles. The number of alkyl halides is 3. The number of halogens is 5. The molecule has 0 radical (unpaired) electrons. The first-order valence-corrected chi connectivity index (χ1v) is 9.01. The number of hydrogen-bond donors (Lipinski definition) is 0. The summed E-state index contributed by atoms with van der Waals surface area (Å²) >= 11 is 11.8. The second kappa shape index (κ2) is 6.67. The van der Waals surface area contributed by atoms with Crippen molar-refractivity contribution in [2.45, 2.75) is 24.8 Å². The van der Waals surface area contributed by atoms with Crippen molar-refractivity contribution in [1.82, 2.24) is 0 Å². The van der Waals surface area contributed by atoms with E-state index in [1.165, 1.54) is 18.2 Å². The first-order chi connectivity index (χ1) is 13.2. The Morgan fingerprint density at radius 2 is 1.82 bits per heavy atom. The van der Waals surface area contributed by atoms with E-state index < -0.39 is 18.2 Å². The van der Waals surface area contributed by atoms with Crippen LogP contribution in [-0.4, -0.2) is 24.8 Å². The zero-order chi connectivity index (χ0) is 20.1. The number of fused-ring (bicyclic) bond motifs is 1. The van der Waals surface area contributed by atoms with Crippen molar-refractivity contribution in [1.29, 1.82) is 0 Å². The van der Waals surface area contributed by atoms with Gasteiger partial charge in [-0.2, -0.15) is 13.2 Å². The highest BCUT2D eigenvalue weighted by Crippen LogP contribution is 2.49. The third kappa shape index (κ3) is 3.02. The Labute approximate surface area is 168 Å². The van der Waals surface area contributed by atoms with Gasteiger partial charge in [0.15, 0.2) is 0 Å². The molecule has 0 bridgehead atoms.